The minimum atomic E-state index is -0.631. The summed E-state index contributed by atoms with van der Waals surface area (Å²) in [6, 6.07) is 0. The van der Waals surface area contributed by atoms with Crippen LogP contribution in [-0.4, -0.2) is 61.5 Å². The summed E-state index contributed by atoms with van der Waals surface area (Å²) in [7, 11) is 0. The van der Waals surface area contributed by atoms with E-state index in [2.05, 4.69) is 31.0 Å². The van der Waals surface area contributed by atoms with Gasteiger partial charge < -0.3 is 20.1 Å². The van der Waals surface area contributed by atoms with Crippen LogP contribution in [0.1, 0.15) is 47.5 Å². The number of rotatable bonds is 9. The molecule has 2 N–H and O–H groups in total. The van der Waals surface area contributed by atoms with E-state index in [4.69, 9.17) is 4.74 Å². The molecule has 1 saturated heterocycles. The summed E-state index contributed by atoms with van der Waals surface area (Å²) in [5.41, 5.74) is -0.345. The maximum atomic E-state index is 10.1. The number of nitrogens with one attached hydrogen (secondary N) is 1. The van der Waals surface area contributed by atoms with Crippen LogP contribution >= 0.6 is 0 Å². The van der Waals surface area contributed by atoms with E-state index >= 15 is 0 Å². The highest BCUT2D eigenvalue weighted by Gasteiger charge is 2.34. The van der Waals surface area contributed by atoms with Crippen molar-refractivity contribution in [3.8, 4) is 0 Å². The summed E-state index contributed by atoms with van der Waals surface area (Å²) in [6.07, 6.45) is 2.22. The van der Waals surface area contributed by atoms with Gasteiger partial charge >= 0.3 is 0 Å². The molecule has 1 aliphatic heterocycles. The van der Waals surface area contributed by atoms with Crippen molar-refractivity contribution in [3.63, 3.8) is 0 Å². The fraction of sp³-hybridized carbons (Fsp3) is 1.00. The van der Waals surface area contributed by atoms with E-state index in [1.165, 1.54) is 0 Å². The van der Waals surface area contributed by atoms with Gasteiger partial charge in [0.15, 0.2) is 0 Å². The Labute approximate surface area is 131 Å². The van der Waals surface area contributed by atoms with Crippen LogP contribution < -0.4 is 5.32 Å². The predicted molar refractivity (Wildman–Crippen MR) is 88.6 cm³/mol. The summed E-state index contributed by atoms with van der Waals surface area (Å²) in [4.78, 5) is 2.39. The summed E-state index contributed by atoms with van der Waals surface area (Å²) in [5.74, 6) is 0.681. The molecule has 4 heteroatoms. The number of hydrogen-bond acceptors (Lipinski definition) is 4. The first-order valence-electron chi connectivity index (χ1n) is 8.49. The Morgan fingerprint density at radius 2 is 1.90 bits per heavy atom. The lowest BCUT2D eigenvalue weighted by molar-refractivity contribution is -0.0227. The smallest absolute Gasteiger partial charge is 0.0718 e. The maximum absolute atomic E-state index is 10.1. The summed E-state index contributed by atoms with van der Waals surface area (Å²) in [6.45, 7) is 17.1. The molecule has 0 spiro atoms. The molecule has 0 radical (unpaired) electrons. The number of hydrogen-bond donors (Lipinski definition) is 2. The number of likely N-dealkylation sites (N-methyl/N-ethyl adjacent to an activating group) is 1. The number of nitrogens with zero attached hydrogens (tertiary/aromatic N) is 1. The maximum Gasteiger partial charge on any atom is 0.0718 e. The van der Waals surface area contributed by atoms with Crippen LogP contribution in [0.5, 0.6) is 0 Å². The van der Waals surface area contributed by atoms with E-state index in [1.807, 2.05) is 13.8 Å². The van der Waals surface area contributed by atoms with Crippen LogP contribution in [-0.2, 0) is 4.74 Å². The SMILES string of the molecule is CCN(CC(C)(C)O)CC1(CNCC(C)C)CCOCC1. The van der Waals surface area contributed by atoms with Gasteiger partial charge in [0, 0.05) is 32.8 Å². The average Bonchev–Trinajstić information content (AvgIpc) is 2.37. The van der Waals surface area contributed by atoms with Gasteiger partial charge in [-0.2, -0.15) is 0 Å². The van der Waals surface area contributed by atoms with Crippen LogP contribution in [0.2, 0.25) is 0 Å². The number of aliphatic hydroxyl groups is 1. The van der Waals surface area contributed by atoms with Crippen molar-refractivity contribution in [2.75, 3.05) is 45.9 Å². The molecule has 0 aromatic heterocycles. The van der Waals surface area contributed by atoms with Crippen molar-refractivity contribution in [2.45, 2.75) is 53.1 Å². The van der Waals surface area contributed by atoms with E-state index in [0.717, 1.165) is 58.8 Å². The number of ether oxygens (including phenoxy) is 1. The highest BCUT2D eigenvalue weighted by Crippen LogP contribution is 2.31. The van der Waals surface area contributed by atoms with Crippen molar-refractivity contribution in [3.05, 3.63) is 0 Å². The largest absolute Gasteiger partial charge is 0.389 e. The van der Waals surface area contributed by atoms with Gasteiger partial charge in [0.2, 0.25) is 0 Å². The molecule has 4 nitrogen and oxygen atoms in total. The second-order valence-corrected chi connectivity index (χ2v) is 7.75. The highest BCUT2D eigenvalue weighted by atomic mass is 16.5. The summed E-state index contributed by atoms with van der Waals surface area (Å²) >= 11 is 0. The van der Waals surface area contributed by atoms with E-state index in [1.54, 1.807) is 0 Å². The first-order valence-corrected chi connectivity index (χ1v) is 8.49. The van der Waals surface area contributed by atoms with E-state index < -0.39 is 5.60 Å². The van der Waals surface area contributed by atoms with Crippen molar-refractivity contribution >= 4 is 0 Å². The molecular weight excluding hydrogens is 264 g/mol. The second-order valence-electron chi connectivity index (χ2n) is 7.75. The molecule has 0 aromatic carbocycles. The molecule has 1 rings (SSSR count). The molecule has 0 unspecified atom stereocenters. The molecular formula is C17H36N2O2. The topological polar surface area (TPSA) is 44.7 Å². The Morgan fingerprint density at radius 3 is 2.38 bits per heavy atom. The Balaban J connectivity index is 2.62. The minimum absolute atomic E-state index is 0.286. The molecule has 1 fully saturated rings. The van der Waals surface area contributed by atoms with Gasteiger partial charge in [-0.3, -0.25) is 0 Å². The Morgan fingerprint density at radius 1 is 1.29 bits per heavy atom. The molecule has 0 aliphatic carbocycles. The third-order valence-electron chi connectivity index (χ3n) is 4.22. The van der Waals surface area contributed by atoms with Crippen LogP contribution in [0.15, 0.2) is 0 Å². The lowest BCUT2D eigenvalue weighted by Gasteiger charge is -2.42. The van der Waals surface area contributed by atoms with Crippen molar-refractivity contribution in [1.29, 1.82) is 0 Å². The zero-order chi connectivity index (χ0) is 15.9. The molecule has 1 aliphatic rings. The van der Waals surface area contributed by atoms with Gasteiger partial charge in [-0.05, 0) is 51.1 Å². The van der Waals surface area contributed by atoms with Crippen molar-refractivity contribution in [2.24, 2.45) is 11.3 Å². The summed E-state index contributed by atoms with van der Waals surface area (Å²) < 4.78 is 5.57. The monoisotopic (exact) mass is 300 g/mol. The Kier molecular flexibility index (Phi) is 7.62. The molecule has 126 valence electrons. The lowest BCUT2D eigenvalue weighted by Crippen LogP contribution is -2.50. The quantitative estimate of drug-likeness (QED) is 0.685. The molecule has 0 saturated carbocycles. The zero-order valence-electron chi connectivity index (χ0n) is 14.7. The standard InChI is InChI=1S/C17H36N2O2/c1-6-19(13-16(4,5)20)14-17(7-9-21-10-8-17)12-18-11-15(2)3/h15,18,20H,6-14H2,1-5H3. The normalized spacial score (nSPS) is 19.4. The molecule has 0 bridgehead atoms. The minimum Gasteiger partial charge on any atom is -0.389 e. The van der Waals surface area contributed by atoms with Crippen molar-refractivity contribution < 1.29 is 9.84 Å². The van der Waals surface area contributed by atoms with Gasteiger partial charge in [0.1, 0.15) is 0 Å². The van der Waals surface area contributed by atoms with Gasteiger partial charge in [-0.15, -0.1) is 0 Å². The van der Waals surface area contributed by atoms with Crippen LogP contribution in [0.25, 0.3) is 0 Å². The van der Waals surface area contributed by atoms with Crippen molar-refractivity contribution in [1.82, 2.24) is 10.2 Å². The molecule has 0 atom stereocenters. The van der Waals surface area contributed by atoms with Gasteiger partial charge in [-0.1, -0.05) is 20.8 Å². The predicted octanol–water partition coefficient (Wildman–Crippen LogP) is 2.12. The third-order valence-corrected chi connectivity index (χ3v) is 4.22. The van der Waals surface area contributed by atoms with Gasteiger partial charge in [0.05, 0.1) is 5.60 Å². The van der Waals surface area contributed by atoms with E-state index in [9.17, 15) is 5.11 Å². The Hall–Kier alpha value is -0.160. The second kappa shape index (κ2) is 8.47. The van der Waals surface area contributed by atoms with Crippen LogP contribution in [0, 0.1) is 11.3 Å². The lowest BCUT2D eigenvalue weighted by atomic mass is 9.79. The fourth-order valence-corrected chi connectivity index (χ4v) is 3.12. The molecule has 0 aromatic rings. The van der Waals surface area contributed by atoms with Gasteiger partial charge in [0.25, 0.3) is 0 Å². The Bertz CT molecular complexity index is 281. The fourth-order valence-electron chi connectivity index (χ4n) is 3.12. The zero-order valence-corrected chi connectivity index (χ0v) is 14.7. The molecule has 21 heavy (non-hydrogen) atoms. The van der Waals surface area contributed by atoms with Gasteiger partial charge in [-0.25, -0.2) is 0 Å². The first-order chi connectivity index (χ1) is 9.76. The average molecular weight is 300 g/mol. The molecule has 0 amide bonds. The molecule has 1 heterocycles. The van der Waals surface area contributed by atoms with Crippen LogP contribution in [0.4, 0.5) is 0 Å². The van der Waals surface area contributed by atoms with E-state index in [-0.39, 0.29) is 5.41 Å². The first kappa shape index (κ1) is 18.9. The third kappa shape index (κ3) is 7.59. The van der Waals surface area contributed by atoms with E-state index in [0.29, 0.717) is 5.92 Å². The van der Waals surface area contributed by atoms with Crippen LogP contribution in [0.3, 0.4) is 0 Å². The highest BCUT2D eigenvalue weighted by molar-refractivity contribution is 4.88. The summed E-state index contributed by atoms with van der Waals surface area (Å²) in [5, 5.41) is 13.7.